The molecule has 2 aromatic carbocycles. The molecule has 1 saturated heterocycles. The molecule has 1 atom stereocenters. The lowest BCUT2D eigenvalue weighted by molar-refractivity contribution is -0.126. The number of benzene rings is 2. The molecule has 1 N–H and O–H groups in total. The van der Waals surface area contributed by atoms with Crippen LogP contribution in [0.2, 0.25) is 10.0 Å². The molecule has 4 nitrogen and oxygen atoms in total. The summed E-state index contributed by atoms with van der Waals surface area (Å²) in [7, 11) is 0. The first kappa shape index (κ1) is 19.0. The topological polar surface area (TPSA) is 35.6 Å². The van der Waals surface area contributed by atoms with E-state index in [1.807, 2.05) is 49.4 Å². The van der Waals surface area contributed by atoms with Crippen molar-refractivity contribution in [3.05, 3.63) is 64.1 Å². The van der Waals surface area contributed by atoms with Gasteiger partial charge in [0, 0.05) is 48.5 Å². The Morgan fingerprint density at radius 2 is 1.73 bits per heavy atom. The highest BCUT2D eigenvalue weighted by Crippen LogP contribution is 2.21. The Kier molecular flexibility index (Phi) is 6.41. The van der Waals surface area contributed by atoms with Crippen LogP contribution in [0.15, 0.2) is 48.5 Å². The van der Waals surface area contributed by atoms with Gasteiger partial charge in [-0.05, 0) is 42.8 Å². The predicted molar refractivity (Wildman–Crippen MR) is 108 cm³/mol. The van der Waals surface area contributed by atoms with E-state index in [1.54, 1.807) is 0 Å². The summed E-state index contributed by atoms with van der Waals surface area (Å²) in [4.78, 5) is 17.0. The van der Waals surface area contributed by atoms with Crippen molar-refractivity contribution in [1.82, 2.24) is 10.2 Å². The van der Waals surface area contributed by atoms with Crippen molar-refractivity contribution in [3.8, 4) is 0 Å². The van der Waals surface area contributed by atoms with Crippen LogP contribution in [0, 0.1) is 0 Å². The molecule has 0 spiro atoms. The molecule has 0 saturated carbocycles. The van der Waals surface area contributed by atoms with Gasteiger partial charge in [0.05, 0.1) is 6.04 Å². The third-order valence-electron chi connectivity index (χ3n) is 4.79. The summed E-state index contributed by atoms with van der Waals surface area (Å²) in [6.45, 7) is 5.95. The minimum absolute atomic E-state index is 0.0520. The maximum atomic E-state index is 12.5. The van der Waals surface area contributed by atoms with Gasteiger partial charge in [0.1, 0.15) is 0 Å². The second-order valence-electron chi connectivity index (χ2n) is 6.52. The van der Waals surface area contributed by atoms with Crippen LogP contribution in [-0.2, 0) is 11.3 Å². The summed E-state index contributed by atoms with van der Waals surface area (Å²) < 4.78 is 0. The molecule has 1 aliphatic rings. The maximum Gasteiger partial charge on any atom is 0.237 e. The molecule has 0 radical (unpaired) electrons. The zero-order valence-electron chi connectivity index (χ0n) is 14.8. The summed E-state index contributed by atoms with van der Waals surface area (Å²) in [6, 6.07) is 15.3. The molecule has 138 valence electrons. The van der Waals surface area contributed by atoms with Crippen LogP contribution in [0.5, 0.6) is 0 Å². The van der Waals surface area contributed by atoms with E-state index in [0.717, 1.165) is 42.5 Å². The number of carbonyl (C=O) groups excluding carboxylic acids is 1. The number of hydrogen-bond acceptors (Lipinski definition) is 3. The first-order valence-corrected chi connectivity index (χ1v) is 9.55. The van der Waals surface area contributed by atoms with Crippen molar-refractivity contribution in [2.75, 3.05) is 31.1 Å². The Labute approximate surface area is 164 Å². The van der Waals surface area contributed by atoms with Crippen LogP contribution < -0.4 is 10.2 Å². The van der Waals surface area contributed by atoms with Crippen molar-refractivity contribution in [2.45, 2.75) is 19.5 Å². The van der Waals surface area contributed by atoms with Crippen LogP contribution in [0.3, 0.4) is 0 Å². The lowest BCUT2D eigenvalue weighted by atomic mass is 10.2. The second-order valence-corrected chi connectivity index (χ2v) is 7.40. The third kappa shape index (κ3) is 4.91. The van der Waals surface area contributed by atoms with Crippen molar-refractivity contribution < 1.29 is 4.79 Å². The van der Waals surface area contributed by atoms with E-state index < -0.39 is 0 Å². The molecule has 1 heterocycles. The van der Waals surface area contributed by atoms with Crippen LogP contribution >= 0.6 is 23.2 Å². The van der Waals surface area contributed by atoms with Gasteiger partial charge in [0.2, 0.25) is 5.91 Å². The van der Waals surface area contributed by atoms with E-state index >= 15 is 0 Å². The Morgan fingerprint density at radius 1 is 1.04 bits per heavy atom. The molecule has 6 heteroatoms. The number of halogens is 2. The molecule has 1 amide bonds. The summed E-state index contributed by atoms with van der Waals surface area (Å²) in [5.74, 6) is 0.0520. The van der Waals surface area contributed by atoms with Crippen molar-refractivity contribution in [2.24, 2.45) is 0 Å². The normalized spacial score (nSPS) is 16.3. The number of carbonyl (C=O) groups is 1. The number of amides is 1. The Morgan fingerprint density at radius 3 is 2.38 bits per heavy atom. The average molecular weight is 392 g/mol. The monoisotopic (exact) mass is 391 g/mol. The molecule has 0 bridgehead atoms. The molecule has 1 fully saturated rings. The zero-order chi connectivity index (χ0) is 18.5. The van der Waals surface area contributed by atoms with Crippen molar-refractivity contribution >= 4 is 34.8 Å². The van der Waals surface area contributed by atoms with Crippen LogP contribution in [0.1, 0.15) is 12.5 Å². The van der Waals surface area contributed by atoms with Gasteiger partial charge in [-0.3, -0.25) is 9.69 Å². The highest BCUT2D eigenvalue weighted by atomic mass is 35.5. The van der Waals surface area contributed by atoms with Crippen LogP contribution in [-0.4, -0.2) is 43.0 Å². The molecule has 2 aromatic rings. The quantitative estimate of drug-likeness (QED) is 0.841. The lowest BCUT2D eigenvalue weighted by Gasteiger charge is -2.38. The van der Waals surface area contributed by atoms with E-state index in [4.69, 9.17) is 23.2 Å². The highest BCUT2D eigenvalue weighted by Gasteiger charge is 2.25. The number of hydrogen-bond donors (Lipinski definition) is 1. The number of nitrogens with one attached hydrogen (secondary N) is 1. The van der Waals surface area contributed by atoms with Gasteiger partial charge >= 0.3 is 0 Å². The van der Waals surface area contributed by atoms with Crippen molar-refractivity contribution in [3.63, 3.8) is 0 Å². The molecular formula is C20H23Cl2N3O. The highest BCUT2D eigenvalue weighted by molar-refractivity contribution is 6.31. The number of nitrogens with zero attached hydrogens (tertiary/aromatic N) is 2. The van der Waals surface area contributed by atoms with Gasteiger partial charge in [-0.1, -0.05) is 41.4 Å². The maximum absolute atomic E-state index is 12.5. The lowest BCUT2D eigenvalue weighted by Crippen LogP contribution is -2.53. The van der Waals surface area contributed by atoms with E-state index in [0.29, 0.717) is 11.6 Å². The van der Waals surface area contributed by atoms with Crippen molar-refractivity contribution in [1.29, 1.82) is 0 Å². The van der Waals surface area contributed by atoms with Gasteiger partial charge in [-0.25, -0.2) is 0 Å². The largest absolute Gasteiger partial charge is 0.369 e. The summed E-state index contributed by atoms with van der Waals surface area (Å²) >= 11 is 12.0. The Bertz CT molecular complexity index is 743. The van der Waals surface area contributed by atoms with Gasteiger partial charge in [-0.15, -0.1) is 0 Å². The van der Waals surface area contributed by atoms with Crippen LogP contribution in [0.4, 0.5) is 5.69 Å². The minimum Gasteiger partial charge on any atom is -0.369 e. The van der Waals surface area contributed by atoms with E-state index in [1.165, 1.54) is 0 Å². The predicted octanol–water partition coefficient (Wildman–Crippen LogP) is 3.82. The average Bonchev–Trinajstić information content (AvgIpc) is 2.67. The van der Waals surface area contributed by atoms with Crippen LogP contribution in [0.25, 0.3) is 0 Å². The molecule has 0 aliphatic carbocycles. The van der Waals surface area contributed by atoms with E-state index in [9.17, 15) is 4.79 Å². The molecular weight excluding hydrogens is 369 g/mol. The summed E-state index contributed by atoms with van der Waals surface area (Å²) in [5, 5.41) is 4.46. The van der Waals surface area contributed by atoms with Gasteiger partial charge < -0.3 is 10.2 Å². The zero-order valence-corrected chi connectivity index (χ0v) is 16.3. The standard InChI is InChI=1S/C20H23Cl2N3O/c1-15(20(26)23-14-16-5-7-17(21)8-6-16)24-9-11-25(12-10-24)19-4-2-3-18(22)13-19/h2-8,13,15H,9-12,14H2,1H3,(H,23,26). The summed E-state index contributed by atoms with van der Waals surface area (Å²) in [5.41, 5.74) is 2.18. The van der Waals surface area contributed by atoms with Gasteiger partial charge in [0.15, 0.2) is 0 Å². The molecule has 1 unspecified atom stereocenters. The molecule has 26 heavy (non-hydrogen) atoms. The number of rotatable bonds is 5. The molecule has 1 aliphatic heterocycles. The fourth-order valence-electron chi connectivity index (χ4n) is 3.15. The molecule has 0 aromatic heterocycles. The Balaban J connectivity index is 1.48. The van der Waals surface area contributed by atoms with Gasteiger partial charge in [0.25, 0.3) is 0 Å². The number of anilines is 1. The fraction of sp³-hybridized carbons (Fsp3) is 0.350. The smallest absolute Gasteiger partial charge is 0.237 e. The number of piperazine rings is 1. The van der Waals surface area contributed by atoms with Gasteiger partial charge in [-0.2, -0.15) is 0 Å². The van der Waals surface area contributed by atoms with E-state index in [2.05, 4.69) is 21.2 Å². The SMILES string of the molecule is CC(C(=O)NCc1ccc(Cl)cc1)N1CCN(c2cccc(Cl)c2)CC1. The molecule has 3 rings (SSSR count). The second kappa shape index (κ2) is 8.76. The first-order valence-electron chi connectivity index (χ1n) is 8.79. The van der Waals surface area contributed by atoms with E-state index in [-0.39, 0.29) is 11.9 Å². The minimum atomic E-state index is -0.149. The fourth-order valence-corrected chi connectivity index (χ4v) is 3.46. The Hall–Kier alpha value is -1.75. The summed E-state index contributed by atoms with van der Waals surface area (Å²) in [6.07, 6.45) is 0. The first-order chi connectivity index (χ1) is 12.5. The third-order valence-corrected chi connectivity index (χ3v) is 5.28.